The Bertz CT molecular complexity index is 375. The lowest BCUT2D eigenvalue weighted by atomic mass is 9.43. The Morgan fingerprint density at radius 1 is 0.810 bits per heavy atom. The first-order valence-corrected chi connectivity index (χ1v) is 9.74. The van der Waals surface area contributed by atoms with Crippen LogP contribution in [0.1, 0.15) is 90.9 Å². The molecule has 0 saturated heterocycles. The lowest BCUT2D eigenvalue weighted by Gasteiger charge is -2.65. The molecule has 21 heavy (non-hydrogen) atoms. The van der Waals surface area contributed by atoms with E-state index in [4.69, 9.17) is 0 Å². The zero-order chi connectivity index (χ0) is 14.6. The fraction of sp³-hybridized carbons (Fsp3) is 1.00. The Morgan fingerprint density at radius 2 is 1.43 bits per heavy atom. The maximum Gasteiger partial charge on any atom is 0.0194 e. The van der Waals surface area contributed by atoms with Crippen LogP contribution in [0.15, 0.2) is 0 Å². The van der Waals surface area contributed by atoms with Crippen molar-refractivity contribution in [3.8, 4) is 0 Å². The molecule has 5 saturated carbocycles. The molecule has 0 radical (unpaired) electrons. The molecule has 1 N–H and O–H groups in total. The monoisotopic (exact) mass is 289 g/mol. The van der Waals surface area contributed by atoms with Crippen LogP contribution >= 0.6 is 0 Å². The molecule has 0 aromatic heterocycles. The maximum atomic E-state index is 4.18. The Morgan fingerprint density at radius 3 is 2.00 bits per heavy atom. The van der Waals surface area contributed by atoms with Gasteiger partial charge in [0.1, 0.15) is 0 Å². The van der Waals surface area contributed by atoms with Crippen LogP contribution in [0.5, 0.6) is 0 Å². The number of rotatable bonds is 3. The second-order valence-corrected chi connectivity index (χ2v) is 10.1. The summed E-state index contributed by atoms with van der Waals surface area (Å²) in [5.74, 6) is 2.00. The van der Waals surface area contributed by atoms with Gasteiger partial charge >= 0.3 is 0 Å². The number of hydrogen-bond acceptors (Lipinski definition) is 1. The van der Waals surface area contributed by atoms with Gasteiger partial charge in [-0.15, -0.1) is 0 Å². The van der Waals surface area contributed by atoms with Gasteiger partial charge in [0, 0.05) is 5.54 Å². The third-order valence-electron chi connectivity index (χ3n) is 7.37. The summed E-state index contributed by atoms with van der Waals surface area (Å²) in [5, 5.41) is 4.18. The fourth-order valence-corrected chi connectivity index (χ4v) is 7.57. The second-order valence-electron chi connectivity index (χ2n) is 10.1. The summed E-state index contributed by atoms with van der Waals surface area (Å²) in [4.78, 5) is 0. The van der Waals surface area contributed by atoms with Crippen LogP contribution in [-0.4, -0.2) is 12.1 Å². The van der Waals surface area contributed by atoms with Gasteiger partial charge in [0.15, 0.2) is 0 Å². The van der Waals surface area contributed by atoms with Crippen molar-refractivity contribution in [3.05, 3.63) is 0 Å². The van der Waals surface area contributed by atoms with Crippen molar-refractivity contribution in [3.63, 3.8) is 0 Å². The highest BCUT2D eigenvalue weighted by Crippen LogP contribution is 2.66. The molecule has 0 aliphatic heterocycles. The van der Waals surface area contributed by atoms with Gasteiger partial charge in [-0.1, -0.05) is 39.5 Å². The zero-order valence-electron chi connectivity index (χ0n) is 14.3. The van der Waals surface area contributed by atoms with E-state index in [1.54, 1.807) is 0 Å². The lowest BCUT2D eigenvalue weighted by Crippen LogP contribution is -2.64. The van der Waals surface area contributed by atoms with Crippen molar-refractivity contribution >= 4 is 0 Å². The minimum Gasteiger partial charge on any atom is -0.311 e. The van der Waals surface area contributed by atoms with Gasteiger partial charge < -0.3 is 5.32 Å². The summed E-state index contributed by atoms with van der Waals surface area (Å²) in [5.41, 5.74) is 1.84. The third kappa shape index (κ3) is 2.80. The van der Waals surface area contributed by atoms with Crippen LogP contribution in [0.4, 0.5) is 0 Å². The van der Waals surface area contributed by atoms with Crippen LogP contribution in [0.25, 0.3) is 0 Å². The van der Waals surface area contributed by atoms with Gasteiger partial charge in [-0.2, -0.15) is 0 Å². The molecule has 0 spiro atoms. The molecule has 120 valence electrons. The molecule has 4 bridgehead atoms. The molecule has 1 nitrogen and oxygen atoms in total. The van der Waals surface area contributed by atoms with Crippen LogP contribution in [-0.2, 0) is 0 Å². The Kier molecular flexibility index (Phi) is 3.45. The maximum absolute atomic E-state index is 4.18. The van der Waals surface area contributed by atoms with Crippen LogP contribution in [0.3, 0.4) is 0 Å². The molecular weight excluding hydrogens is 254 g/mol. The molecule has 0 aromatic carbocycles. The summed E-state index contributed by atoms with van der Waals surface area (Å²) in [7, 11) is 0. The molecule has 5 aliphatic carbocycles. The van der Waals surface area contributed by atoms with E-state index in [0.29, 0.717) is 16.4 Å². The van der Waals surface area contributed by atoms with Gasteiger partial charge in [-0.25, -0.2) is 0 Å². The molecule has 5 fully saturated rings. The molecule has 2 unspecified atom stereocenters. The molecule has 5 rings (SSSR count). The first-order chi connectivity index (χ1) is 9.99. The molecule has 1 heteroatoms. The summed E-state index contributed by atoms with van der Waals surface area (Å²) < 4.78 is 0. The highest BCUT2D eigenvalue weighted by atomic mass is 15.0. The Balaban J connectivity index is 1.44. The standard InChI is InChI=1S/C20H35N/c1-18-9-17-10-19(2,13-18)15-20(11-17,14-18)21-12-16-7-5-3-4-6-8-16/h16-17,21H,3-15H2,1-2H3. The summed E-state index contributed by atoms with van der Waals surface area (Å²) in [6, 6.07) is 0. The van der Waals surface area contributed by atoms with E-state index < -0.39 is 0 Å². The van der Waals surface area contributed by atoms with E-state index in [-0.39, 0.29) is 0 Å². The molecule has 5 aliphatic rings. The van der Waals surface area contributed by atoms with E-state index in [9.17, 15) is 0 Å². The fourth-order valence-electron chi connectivity index (χ4n) is 7.57. The molecule has 2 atom stereocenters. The van der Waals surface area contributed by atoms with Crippen LogP contribution in [0, 0.1) is 22.7 Å². The summed E-state index contributed by atoms with van der Waals surface area (Å²) in [6.07, 6.45) is 17.9. The van der Waals surface area contributed by atoms with Crippen LogP contribution in [0.2, 0.25) is 0 Å². The average molecular weight is 290 g/mol. The van der Waals surface area contributed by atoms with Crippen molar-refractivity contribution in [2.45, 2.75) is 96.4 Å². The van der Waals surface area contributed by atoms with Gasteiger partial charge in [-0.05, 0) is 80.6 Å². The van der Waals surface area contributed by atoms with Gasteiger partial charge in [0.2, 0.25) is 0 Å². The van der Waals surface area contributed by atoms with Gasteiger partial charge in [-0.3, -0.25) is 0 Å². The first-order valence-electron chi connectivity index (χ1n) is 9.74. The zero-order valence-corrected chi connectivity index (χ0v) is 14.3. The van der Waals surface area contributed by atoms with Gasteiger partial charge in [0.25, 0.3) is 0 Å². The van der Waals surface area contributed by atoms with E-state index in [1.165, 1.54) is 83.6 Å². The smallest absolute Gasteiger partial charge is 0.0194 e. The normalized spacial score (nSPS) is 50.3. The van der Waals surface area contributed by atoms with E-state index in [0.717, 1.165) is 11.8 Å². The largest absolute Gasteiger partial charge is 0.311 e. The summed E-state index contributed by atoms with van der Waals surface area (Å²) in [6.45, 7) is 6.51. The summed E-state index contributed by atoms with van der Waals surface area (Å²) >= 11 is 0. The molecule has 0 amide bonds. The minimum absolute atomic E-state index is 0.523. The van der Waals surface area contributed by atoms with Crippen molar-refractivity contribution < 1.29 is 0 Å². The van der Waals surface area contributed by atoms with Crippen molar-refractivity contribution in [2.24, 2.45) is 22.7 Å². The highest BCUT2D eigenvalue weighted by molar-refractivity contribution is 5.14. The number of hydrogen-bond donors (Lipinski definition) is 1. The third-order valence-corrected chi connectivity index (χ3v) is 7.37. The minimum atomic E-state index is 0.523. The van der Waals surface area contributed by atoms with Crippen molar-refractivity contribution in [1.82, 2.24) is 5.32 Å². The van der Waals surface area contributed by atoms with Crippen molar-refractivity contribution in [2.75, 3.05) is 6.54 Å². The SMILES string of the molecule is CC12CC3CC(C)(C1)CC(NCC1CCCCCC1)(C3)C2. The first kappa shape index (κ1) is 14.5. The predicted octanol–water partition coefficient (Wildman–Crippen LogP) is 5.30. The Labute approximate surface area is 131 Å². The van der Waals surface area contributed by atoms with E-state index in [1.807, 2.05) is 0 Å². The Hall–Kier alpha value is -0.0400. The van der Waals surface area contributed by atoms with E-state index >= 15 is 0 Å². The van der Waals surface area contributed by atoms with Crippen molar-refractivity contribution in [1.29, 1.82) is 0 Å². The average Bonchev–Trinajstić information content (AvgIpc) is 2.60. The molecular formula is C20H35N. The topological polar surface area (TPSA) is 12.0 Å². The van der Waals surface area contributed by atoms with Crippen LogP contribution < -0.4 is 5.32 Å². The lowest BCUT2D eigenvalue weighted by molar-refractivity contribution is -0.118. The predicted molar refractivity (Wildman–Crippen MR) is 89.3 cm³/mol. The molecule has 0 heterocycles. The van der Waals surface area contributed by atoms with E-state index in [2.05, 4.69) is 19.2 Å². The molecule has 0 aromatic rings. The quantitative estimate of drug-likeness (QED) is 0.696. The van der Waals surface area contributed by atoms with Gasteiger partial charge in [0.05, 0.1) is 0 Å². The highest BCUT2D eigenvalue weighted by Gasteiger charge is 2.59. The second kappa shape index (κ2) is 4.98. The number of nitrogens with one attached hydrogen (secondary N) is 1.